The molecule has 0 spiro atoms. The van der Waals surface area contributed by atoms with E-state index in [1.165, 1.54) is 24.2 Å². The van der Waals surface area contributed by atoms with Crippen LogP contribution < -0.4 is 5.32 Å². The molecule has 0 radical (unpaired) electrons. The van der Waals surface area contributed by atoms with E-state index >= 15 is 0 Å². The number of aromatic nitrogens is 2. The fraction of sp³-hybridized carbons (Fsp3) is 0.500. The summed E-state index contributed by atoms with van der Waals surface area (Å²) in [6.07, 6.45) is 4.73. The van der Waals surface area contributed by atoms with E-state index in [9.17, 15) is 0 Å². The van der Waals surface area contributed by atoms with Gasteiger partial charge in [0.1, 0.15) is 14.4 Å². The van der Waals surface area contributed by atoms with Gasteiger partial charge in [-0.15, -0.1) is 21.5 Å². The lowest BCUT2D eigenvalue weighted by Crippen LogP contribution is -2.17. The normalized spacial score (nSPS) is 15.1. The lowest BCUT2D eigenvalue weighted by atomic mass is 10.3. The van der Waals surface area contributed by atoms with Crippen LogP contribution in [0.25, 0.3) is 10.6 Å². The first-order valence-corrected chi connectivity index (χ1v) is 8.62. The Morgan fingerprint density at radius 3 is 2.79 bits per heavy atom. The first-order valence-electron chi connectivity index (χ1n) is 6.23. The second kappa shape index (κ2) is 6.06. The summed E-state index contributed by atoms with van der Waals surface area (Å²) >= 11 is 15.0. The van der Waals surface area contributed by atoms with Gasteiger partial charge in [0.2, 0.25) is 0 Å². The summed E-state index contributed by atoms with van der Waals surface area (Å²) in [5.41, 5.74) is 0.900. The van der Waals surface area contributed by atoms with Gasteiger partial charge in [0.25, 0.3) is 0 Å². The number of thiophene rings is 1. The van der Waals surface area contributed by atoms with Crippen molar-refractivity contribution in [2.75, 3.05) is 6.54 Å². The molecular formula is C12H13Cl2N3S2. The van der Waals surface area contributed by atoms with Crippen LogP contribution in [0.15, 0.2) is 6.07 Å². The molecule has 0 unspecified atom stereocenters. The summed E-state index contributed by atoms with van der Waals surface area (Å²) in [6.45, 7) is 1.06. The second-order valence-electron chi connectivity index (χ2n) is 4.57. The SMILES string of the molecule is Clc1cc(-c2nnc(CCCNC3CC3)s2)c(Cl)s1. The van der Waals surface area contributed by atoms with Gasteiger partial charge in [-0.2, -0.15) is 0 Å². The fourth-order valence-corrected chi connectivity index (χ4v) is 4.27. The van der Waals surface area contributed by atoms with Crippen LogP contribution in [-0.2, 0) is 6.42 Å². The highest BCUT2D eigenvalue weighted by Gasteiger charge is 2.19. The molecule has 102 valence electrons. The van der Waals surface area contributed by atoms with Crippen LogP contribution in [0, 0.1) is 0 Å². The number of nitrogens with zero attached hydrogens (tertiary/aromatic N) is 2. The third-order valence-corrected chi connectivity index (χ3v) is 5.44. The molecule has 0 saturated heterocycles. The Labute approximate surface area is 130 Å². The predicted octanol–water partition coefficient (Wildman–Crippen LogP) is 4.26. The molecule has 0 aromatic carbocycles. The summed E-state index contributed by atoms with van der Waals surface area (Å²) in [5, 5.41) is 13.8. The number of halogens is 2. The summed E-state index contributed by atoms with van der Waals surface area (Å²) in [7, 11) is 0. The maximum Gasteiger partial charge on any atom is 0.150 e. The molecule has 0 aliphatic heterocycles. The van der Waals surface area contributed by atoms with Crippen LogP contribution in [0.2, 0.25) is 8.67 Å². The van der Waals surface area contributed by atoms with E-state index in [1.807, 2.05) is 6.07 Å². The van der Waals surface area contributed by atoms with Gasteiger partial charge in [0.15, 0.2) is 0 Å². The number of rotatable bonds is 6. The molecule has 3 rings (SSSR count). The number of aryl methyl sites for hydroxylation is 1. The molecule has 0 atom stereocenters. The zero-order chi connectivity index (χ0) is 13.2. The van der Waals surface area contributed by atoms with Crippen molar-refractivity contribution in [2.45, 2.75) is 31.7 Å². The van der Waals surface area contributed by atoms with Crippen molar-refractivity contribution in [2.24, 2.45) is 0 Å². The molecule has 0 amide bonds. The third kappa shape index (κ3) is 3.67. The van der Waals surface area contributed by atoms with E-state index in [-0.39, 0.29) is 0 Å². The standard InChI is InChI=1S/C12H13Cl2N3S2/c13-9-6-8(11(14)18-9)12-17-16-10(19-12)2-1-5-15-7-3-4-7/h6-7,15H,1-5H2. The molecule has 1 aliphatic carbocycles. The van der Waals surface area contributed by atoms with E-state index < -0.39 is 0 Å². The van der Waals surface area contributed by atoms with E-state index in [2.05, 4.69) is 15.5 Å². The van der Waals surface area contributed by atoms with E-state index in [0.717, 1.165) is 41.0 Å². The van der Waals surface area contributed by atoms with Crippen molar-refractivity contribution in [1.29, 1.82) is 0 Å². The zero-order valence-electron chi connectivity index (χ0n) is 10.2. The molecule has 2 heterocycles. The average Bonchev–Trinajstić information content (AvgIpc) is 2.98. The summed E-state index contributed by atoms with van der Waals surface area (Å²) < 4.78 is 1.37. The Morgan fingerprint density at radius 1 is 1.26 bits per heavy atom. The van der Waals surface area contributed by atoms with Crippen molar-refractivity contribution >= 4 is 45.9 Å². The average molecular weight is 334 g/mol. The van der Waals surface area contributed by atoms with E-state index in [1.54, 1.807) is 11.3 Å². The van der Waals surface area contributed by atoms with Gasteiger partial charge in [-0.25, -0.2) is 0 Å². The molecule has 19 heavy (non-hydrogen) atoms. The van der Waals surface area contributed by atoms with Crippen LogP contribution in [0.3, 0.4) is 0 Å². The van der Waals surface area contributed by atoms with Crippen LogP contribution in [-0.4, -0.2) is 22.8 Å². The van der Waals surface area contributed by atoms with E-state index in [0.29, 0.717) is 8.67 Å². The summed E-state index contributed by atoms with van der Waals surface area (Å²) in [6, 6.07) is 2.63. The molecule has 0 bridgehead atoms. The van der Waals surface area contributed by atoms with Crippen molar-refractivity contribution in [1.82, 2.24) is 15.5 Å². The molecular weight excluding hydrogens is 321 g/mol. The van der Waals surface area contributed by atoms with Gasteiger partial charge >= 0.3 is 0 Å². The third-order valence-electron chi connectivity index (χ3n) is 2.93. The molecule has 1 fully saturated rings. The Balaban J connectivity index is 1.57. The maximum absolute atomic E-state index is 6.12. The van der Waals surface area contributed by atoms with Crippen molar-refractivity contribution in [3.63, 3.8) is 0 Å². The highest BCUT2D eigenvalue weighted by atomic mass is 35.5. The fourth-order valence-electron chi connectivity index (χ4n) is 1.78. The molecule has 2 aromatic rings. The van der Waals surface area contributed by atoms with Gasteiger partial charge in [-0.3, -0.25) is 0 Å². The van der Waals surface area contributed by atoms with Crippen LogP contribution in [0.4, 0.5) is 0 Å². The topological polar surface area (TPSA) is 37.8 Å². The smallest absolute Gasteiger partial charge is 0.150 e. The van der Waals surface area contributed by atoms with Gasteiger partial charge < -0.3 is 5.32 Å². The molecule has 1 saturated carbocycles. The minimum absolute atomic E-state index is 0.683. The predicted molar refractivity (Wildman–Crippen MR) is 82.6 cm³/mol. The van der Waals surface area contributed by atoms with Gasteiger partial charge in [0.05, 0.1) is 4.34 Å². The number of hydrogen-bond donors (Lipinski definition) is 1. The molecule has 1 aliphatic rings. The second-order valence-corrected chi connectivity index (χ2v) is 7.92. The van der Waals surface area contributed by atoms with Crippen molar-refractivity contribution in [3.8, 4) is 10.6 Å². The van der Waals surface area contributed by atoms with Crippen LogP contribution in [0.1, 0.15) is 24.3 Å². The molecule has 1 N–H and O–H groups in total. The Hall–Kier alpha value is -0.200. The highest BCUT2D eigenvalue weighted by molar-refractivity contribution is 7.21. The first kappa shape index (κ1) is 13.8. The van der Waals surface area contributed by atoms with Crippen molar-refractivity contribution < 1.29 is 0 Å². The van der Waals surface area contributed by atoms with Gasteiger partial charge in [-0.1, -0.05) is 34.5 Å². The largest absolute Gasteiger partial charge is 0.314 e. The van der Waals surface area contributed by atoms with Crippen molar-refractivity contribution in [3.05, 3.63) is 19.7 Å². The number of nitrogens with one attached hydrogen (secondary N) is 1. The van der Waals surface area contributed by atoms with E-state index in [4.69, 9.17) is 23.2 Å². The van der Waals surface area contributed by atoms with Gasteiger partial charge in [0, 0.05) is 18.0 Å². The Bertz CT molecular complexity index is 563. The molecule has 3 nitrogen and oxygen atoms in total. The molecule has 2 aromatic heterocycles. The summed E-state index contributed by atoms with van der Waals surface area (Å²) in [4.78, 5) is 0. The number of hydrogen-bond acceptors (Lipinski definition) is 5. The minimum Gasteiger partial charge on any atom is -0.314 e. The lowest BCUT2D eigenvalue weighted by molar-refractivity contribution is 0.643. The highest BCUT2D eigenvalue weighted by Crippen LogP contribution is 2.39. The first-order chi connectivity index (χ1) is 9.22. The minimum atomic E-state index is 0.683. The molecule has 7 heteroatoms. The van der Waals surface area contributed by atoms with Crippen LogP contribution >= 0.6 is 45.9 Å². The Kier molecular flexibility index (Phi) is 4.39. The van der Waals surface area contributed by atoms with Crippen LogP contribution in [0.5, 0.6) is 0 Å². The monoisotopic (exact) mass is 333 g/mol. The Morgan fingerprint density at radius 2 is 2.11 bits per heavy atom. The summed E-state index contributed by atoms with van der Waals surface area (Å²) in [5.74, 6) is 0. The quantitative estimate of drug-likeness (QED) is 0.802. The zero-order valence-corrected chi connectivity index (χ0v) is 13.3. The van der Waals surface area contributed by atoms with Gasteiger partial charge in [-0.05, 0) is 31.9 Å². The maximum atomic E-state index is 6.12. The lowest BCUT2D eigenvalue weighted by Gasteiger charge is -1.99.